The van der Waals surface area contributed by atoms with E-state index in [4.69, 9.17) is 9.84 Å². The minimum absolute atomic E-state index is 0.0893. The van der Waals surface area contributed by atoms with Crippen LogP contribution in [-0.4, -0.2) is 43.6 Å². The van der Waals surface area contributed by atoms with Crippen molar-refractivity contribution in [3.63, 3.8) is 0 Å². The standard InChI is InChI=1S/C20H28N6O/c1-20(2,3)26-12-16(11-24(4)13-18-22-21-14-25(18)5)19(23-26)15-8-7-9-17(10-15)27-6/h7-10,12,14H,11,13H2,1-6H3. The molecular weight excluding hydrogens is 340 g/mol. The summed E-state index contributed by atoms with van der Waals surface area (Å²) in [4.78, 5) is 2.22. The van der Waals surface area contributed by atoms with Crippen LogP contribution < -0.4 is 4.74 Å². The number of aryl methyl sites for hydroxylation is 1. The summed E-state index contributed by atoms with van der Waals surface area (Å²) >= 11 is 0. The van der Waals surface area contributed by atoms with Gasteiger partial charge in [-0.25, -0.2) is 0 Å². The van der Waals surface area contributed by atoms with Crippen LogP contribution in [0.15, 0.2) is 36.8 Å². The van der Waals surface area contributed by atoms with Crippen molar-refractivity contribution >= 4 is 0 Å². The van der Waals surface area contributed by atoms with E-state index in [0.717, 1.165) is 35.9 Å². The molecule has 2 heterocycles. The average Bonchev–Trinajstić information content (AvgIpc) is 3.21. The monoisotopic (exact) mass is 368 g/mol. The Bertz CT molecular complexity index is 905. The molecule has 0 saturated heterocycles. The number of aromatic nitrogens is 5. The van der Waals surface area contributed by atoms with Crippen molar-refractivity contribution in [1.29, 1.82) is 0 Å². The Morgan fingerprint density at radius 3 is 2.59 bits per heavy atom. The topological polar surface area (TPSA) is 61.0 Å². The third-order valence-corrected chi connectivity index (χ3v) is 4.48. The van der Waals surface area contributed by atoms with Gasteiger partial charge in [0.05, 0.1) is 24.9 Å². The van der Waals surface area contributed by atoms with E-state index in [0.29, 0.717) is 0 Å². The minimum Gasteiger partial charge on any atom is -0.497 e. The Hall–Kier alpha value is -2.67. The molecule has 27 heavy (non-hydrogen) atoms. The third kappa shape index (κ3) is 4.36. The van der Waals surface area contributed by atoms with E-state index >= 15 is 0 Å². The molecule has 0 atom stereocenters. The van der Waals surface area contributed by atoms with Gasteiger partial charge in [-0.05, 0) is 40.0 Å². The molecule has 0 saturated carbocycles. The lowest BCUT2D eigenvalue weighted by Gasteiger charge is -2.19. The molecule has 0 bridgehead atoms. The number of rotatable bonds is 6. The number of ether oxygens (including phenoxy) is 1. The predicted octanol–water partition coefficient (Wildman–Crippen LogP) is 3.07. The van der Waals surface area contributed by atoms with Crippen LogP contribution in [-0.2, 0) is 25.7 Å². The second-order valence-electron chi connectivity index (χ2n) is 7.88. The predicted molar refractivity (Wildman–Crippen MR) is 105 cm³/mol. The average molecular weight is 368 g/mol. The van der Waals surface area contributed by atoms with Crippen LogP contribution in [0, 0.1) is 0 Å². The Morgan fingerprint density at radius 1 is 1.19 bits per heavy atom. The molecule has 7 nitrogen and oxygen atoms in total. The van der Waals surface area contributed by atoms with E-state index in [1.165, 1.54) is 5.56 Å². The van der Waals surface area contributed by atoms with Gasteiger partial charge in [0.15, 0.2) is 0 Å². The Kier molecular flexibility index (Phi) is 5.32. The lowest BCUT2D eigenvalue weighted by Crippen LogP contribution is -2.22. The molecule has 0 amide bonds. The first-order valence-electron chi connectivity index (χ1n) is 9.03. The summed E-state index contributed by atoms with van der Waals surface area (Å²) in [7, 11) is 5.73. The zero-order chi connectivity index (χ0) is 19.6. The first-order chi connectivity index (χ1) is 12.8. The number of hydrogen-bond acceptors (Lipinski definition) is 5. The second-order valence-corrected chi connectivity index (χ2v) is 7.88. The van der Waals surface area contributed by atoms with E-state index in [2.05, 4.69) is 55.2 Å². The van der Waals surface area contributed by atoms with E-state index in [9.17, 15) is 0 Å². The van der Waals surface area contributed by atoms with Crippen LogP contribution in [0.2, 0.25) is 0 Å². The molecule has 0 unspecified atom stereocenters. The smallest absolute Gasteiger partial charge is 0.146 e. The van der Waals surface area contributed by atoms with Crippen molar-refractivity contribution in [2.24, 2.45) is 7.05 Å². The van der Waals surface area contributed by atoms with Gasteiger partial charge in [-0.15, -0.1) is 10.2 Å². The fourth-order valence-corrected chi connectivity index (χ4v) is 2.92. The van der Waals surface area contributed by atoms with Gasteiger partial charge in [-0.3, -0.25) is 9.58 Å². The van der Waals surface area contributed by atoms with Crippen LogP contribution in [0.25, 0.3) is 11.3 Å². The van der Waals surface area contributed by atoms with Gasteiger partial charge >= 0.3 is 0 Å². The molecule has 2 aromatic heterocycles. The van der Waals surface area contributed by atoms with Crippen LogP contribution in [0.1, 0.15) is 32.2 Å². The van der Waals surface area contributed by atoms with Crippen LogP contribution in [0.5, 0.6) is 5.75 Å². The molecule has 0 spiro atoms. The van der Waals surface area contributed by atoms with E-state index in [-0.39, 0.29) is 5.54 Å². The maximum atomic E-state index is 5.39. The highest BCUT2D eigenvalue weighted by molar-refractivity contribution is 5.64. The van der Waals surface area contributed by atoms with Crippen LogP contribution >= 0.6 is 0 Å². The van der Waals surface area contributed by atoms with Gasteiger partial charge < -0.3 is 9.30 Å². The first-order valence-corrected chi connectivity index (χ1v) is 9.03. The molecule has 0 N–H and O–H groups in total. The van der Waals surface area contributed by atoms with Crippen molar-refractivity contribution in [3.05, 3.63) is 48.2 Å². The molecule has 144 valence electrons. The van der Waals surface area contributed by atoms with Crippen molar-refractivity contribution < 1.29 is 4.74 Å². The zero-order valence-corrected chi connectivity index (χ0v) is 17.0. The molecule has 0 aliphatic carbocycles. The first kappa shape index (κ1) is 19.1. The van der Waals surface area contributed by atoms with Gasteiger partial charge in [0.25, 0.3) is 0 Å². The fourth-order valence-electron chi connectivity index (χ4n) is 2.92. The molecule has 1 aromatic carbocycles. The van der Waals surface area contributed by atoms with Gasteiger partial charge in [-0.2, -0.15) is 5.10 Å². The summed E-state index contributed by atoms with van der Waals surface area (Å²) in [5.41, 5.74) is 3.12. The summed E-state index contributed by atoms with van der Waals surface area (Å²) < 4.78 is 9.37. The molecule has 3 aromatic rings. The Morgan fingerprint density at radius 2 is 1.96 bits per heavy atom. The largest absolute Gasteiger partial charge is 0.497 e. The van der Waals surface area contributed by atoms with Crippen molar-refractivity contribution in [2.75, 3.05) is 14.2 Å². The number of hydrogen-bond donors (Lipinski definition) is 0. The molecule has 0 aliphatic heterocycles. The summed E-state index contributed by atoms with van der Waals surface area (Å²) in [5, 5.41) is 13.0. The van der Waals surface area contributed by atoms with Gasteiger partial charge in [0, 0.05) is 30.9 Å². The van der Waals surface area contributed by atoms with E-state index < -0.39 is 0 Å². The quantitative estimate of drug-likeness (QED) is 0.669. The van der Waals surface area contributed by atoms with E-state index in [1.807, 2.05) is 34.5 Å². The summed E-state index contributed by atoms with van der Waals surface area (Å²) in [6.07, 6.45) is 3.87. The summed E-state index contributed by atoms with van der Waals surface area (Å²) in [5.74, 6) is 1.76. The highest BCUT2D eigenvalue weighted by Crippen LogP contribution is 2.28. The zero-order valence-electron chi connectivity index (χ0n) is 17.0. The molecule has 0 radical (unpaired) electrons. The summed E-state index contributed by atoms with van der Waals surface area (Å²) in [6.45, 7) is 7.94. The van der Waals surface area contributed by atoms with Gasteiger partial charge in [-0.1, -0.05) is 12.1 Å². The fraction of sp³-hybridized carbons (Fsp3) is 0.450. The van der Waals surface area contributed by atoms with Gasteiger partial charge in [0.1, 0.15) is 17.9 Å². The molecule has 0 fully saturated rings. The summed E-state index contributed by atoms with van der Waals surface area (Å²) in [6, 6.07) is 8.05. The SMILES string of the molecule is COc1cccc(-c2nn(C(C)(C)C)cc2CN(C)Cc2nncn2C)c1. The molecular formula is C20H28N6O. The van der Waals surface area contributed by atoms with Crippen molar-refractivity contribution in [2.45, 2.75) is 39.4 Å². The van der Waals surface area contributed by atoms with Crippen molar-refractivity contribution in [1.82, 2.24) is 29.4 Å². The number of methoxy groups -OCH3 is 1. The maximum Gasteiger partial charge on any atom is 0.146 e. The Balaban J connectivity index is 1.92. The third-order valence-electron chi connectivity index (χ3n) is 4.48. The number of benzene rings is 1. The number of nitrogens with zero attached hydrogens (tertiary/aromatic N) is 6. The lowest BCUT2D eigenvalue weighted by atomic mass is 10.1. The molecule has 7 heteroatoms. The lowest BCUT2D eigenvalue weighted by molar-refractivity contribution is 0.305. The normalized spacial score (nSPS) is 12.0. The minimum atomic E-state index is -0.0893. The van der Waals surface area contributed by atoms with Crippen LogP contribution in [0.4, 0.5) is 0 Å². The van der Waals surface area contributed by atoms with E-state index in [1.54, 1.807) is 13.4 Å². The highest BCUT2D eigenvalue weighted by atomic mass is 16.5. The van der Waals surface area contributed by atoms with Crippen LogP contribution in [0.3, 0.4) is 0 Å². The second kappa shape index (κ2) is 7.52. The van der Waals surface area contributed by atoms with Gasteiger partial charge in [0.2, 0.25) is 0 Å². The maximum absolute atomic E-state index is 5.39. The highest BCUT2D eigenvalue weighted by Gasteiger charge is 2.20. The molecule has 0 aliphatic rings. The molecule has 3 rings (SSSR count). The Labute approximate surface area is 160 Å². The van der Waals surface area contributed by atoms with Crippen molar-refractivity contribution in [3.8, 4) is 17.0 Å².